The number of Topliss-reactive ketones (excluding diaryl/α,β-unsaturated/α-hetero) is 1. The van der Waals surface area contributed by atoms with Crippen LogP contribution >= 0.6 is 0 Å². The fourth-order valence-corrected chi connectivity index (χ4v) is 3.08. The Morgan fingerprint density at radius 2 is 1.38 bits per heavy atom. The second kappa shape index (κ2) is 14.5. The number of aryl methyl sites for hydroxylation is 1. The first kappa shape index (κ1) is 22.4. The summed E-state index contributed by atoms with van der Waals surface area (Å²) in [6.45, 7) is 4.49. The van der Waals surface area contributed by atoms with Crippen LogP contribution in [0.2, 0.25) is 0 Å². The number of carbonyl (C=O) groups excluding carboxylic acids is 2. The highest BCUT2D eigenvalue weighted by Gasteiger charge is 2.07. The fraction of sp³-hybridized carbons (Fsp3) is 0.652. The highest BCUT2D eigenvalue weighted by atomic mass is 16.5. The molecule has 0 fully saturated rings. The van der Waals surface area contributed by atoms with Crippen molar-refractivity contribution < 1.29 is 14.3 Å². The van der Waals surface area contributed by atoms with Crippen molar-refractivity contribution in [3.63, 3.8) is 0 Å². The van der Waals surface area contributed by atoms with E-state index in [9.17, 15) is 9.59 Å². The van der Waals surface area contributed by atoms with E-state index in [0.29, 0.717) is 19.4 Å². The molecule has 3 nitrogen and oxygen atoms in total. The van der Waals surface area contributed by atoms with Crippen LogP contribution in [-0.2, 0) is 16.0 Å². The van der Waals surface area contributed by atoms with Gasteiger partial charge >= 0.3 is 5.97 Å². The van der Waals surface area contributed by atoms with Gasteiger partial charge < -0.3 is 4.74 Å². The minimum atomic E-state index is -0.139. The largest absolute Gasteiger partial charge is 0.466 e. The molecule has 146 valence electrons. The standard InChI is InChI=1S/C23H36O3/c1-3-5-6-7-8-10-13-20-16-18-21(19-17-20)22(24)14-11-9-12-15-23(25)26-4-2/h16-19H,3-15H2,1-2H3. The molecule has 0 amide bonds. The number of unbranched alkanes of at least 4 members (excludes halogenated alkanes) is 7. The number of ether oxygens (including phenoxy) is 1. The number of hydrogen-bond acceptors (Lipinski definition) is 3. The molecule has 0 radical (unpaired) electrons. The van der Waals surface area contributed by atoms with Gasteiger partial charge in [0, 0.05) is 18.4 Å². The van der Waals surface area contributed by atoms with Crippen molar-refractivity contribution in [3.8, 4) is 0 Å². The topological polar surface area (TPSA) is 43.4 Å². The number of hydrogen-bond donors (Lipinski definition) is 0. The van der Waals surface area contributed by atoms with E-state index in [4.69, 9.17) is 4.74 Å². The predicted octanol–water partition coefficient (Wildman–Crippen LogP) is 6.29. The van der Waals surface area contributed by atoms with Gasteiger partial charge in [-0.05, 0) is 38.2 Å². The van der Waals surface area contributed by atoms with Crippen LogP contribution in [0.25, 0.3) is 0 Å². The zero-order valence-electron chi connectivity index (χ0n) is 16.7. The molecule has 1 aromatic rings. The molecule has 0 aliphatic rings. The quantitative estimate of drug-likeness (QED) is 0.210. The Balaban J connectivity index is 2.17. The van der Waals surface area contributed by atoms with Gasteiger partial charge in [-0.25, -0.2) is 0 Å². The molecule has 0 saturated carbocycles. The normalized spacial score (nSPS) is 10.7. The van der Waals surface area contributed by atoms with E-state index >= 15 is 0 Å². The number of benzene rings is 1. The highest BCUT2D eigenvalue weighted by Crippen LogP contribution is 2.14. The number of rotatable bonds is 15. The monoisotopic (exact) mass is 360 g/mol. The Hall–Kier alpha value is -1.64. The number of carbonyl (C=O) groups is 2. The Morgan fingerprint density at radius 1 is 0.769 bits per heavy atom. The molecule has 3 heteroatoms. The van der Waals surface area contributed by atoms with Gasteiger partial charge in [0.25, 0.3) is 0 Å². The van der Waals surface area contributed by atoms with Crippen molar-refractivity contribution >= 4 is 11.8 Å². The first-order chi connectivity index (χ1) is 12.7. The molecule has 0 unspecified atom stereocenters. The van der Waals surface area contributed by atoms with E-state index in [-0.39, 0.29) is 11.8 Å². The van der Waals surface area contributed by atoms with Crippen LogP contribution in [0, 0.1) is 0 Å². The smallest absolute Gasteiger partial charge is 0.305 e. The lowest BCUT2D eigenvalue weighted by Crippen LogP contribution is -2.03. The first-order valence-corrected chi connectivity index (χ1v) is 10.4. The molecule has 1 aromatic carbocycles. The third-order valence-corrected chi connectivity index (χ3v) is 4.68. The molecular formula is C23H36O3. The van der Waals surface area contributed by atoms with Crippen LogP contribution in [0.3, 0.4) is 0 Å². The summed E-state index contributed by atoms with van der Waals surface area (Å²) in [6.07, 6.45) is 12.5. The lowest BCUT2D eigenvalue weighted by molar-refractivity contribution is -0.143. The average Bonchev–Trinajstić information content (AvgIpc) is 2.65. The molecule has 0 heterocycles. The Labute approximate surface area is 159 Å². The fourth-order valence-electron chi connectivity index (χ4n) is 3.08. The molecule has 0 N–H and O–H groups in total. The van der Waals surface area contributed by atoms with Gasteiger partial charge in [0.05, 0.1) is 6.61 Å². The van der Waals surface area contributed by atoms with Crippen molar-refractivity contribution in [2.24, 2.45) is 0 Å². The maximum atomic E-state index is 12.2. The summed E-state index contributed by atoms with van der Waals surface area (Å²) in [5, 5.41) is 0. The van der Waals surface area contributed by atoms with Crippen molar-refractivity contribution in [1.82, 2.24) is 0 Å². The van der Waals surface area contributed by atoms with Gasteiger partial charge in [-0.1, -0.05) is 69.7 Å². The van der Waals surface area contributed by atoms with Crippen molar-refractivity contribution in [2.45, 2.75) is 90.9 Å². The van der Waals surface area contributed by atoms with E-state index in [1.165, 1.54) is 44.1 Å². The summed E-state index contributed by atoms with van der Waals surface area (Å²) in [4.78, 5) is 23.5. The van der Waals surface area contributed by atoms with E-state index in [1.807, 2.05) is 19.1 Å². The van der Waals surface area contributed by atoms with Gasteiger partial charge in [0.2, 0.25) is 0 Å². The minimum absolute atomic E-state index is 0.139. The summed E-state index contributed by atoms with van der Waals surface area (Å²) in [5.74, 6) is 0.0621. The highest BCUT2D eigenvalue weighted by molar-refractivity contribution is 5.96. The van der Waals surface area contributed by atoms with E-state index < -0.39 is 0 Å². The van der Waals surface area contributed by atoms with E-state index in [1.54, 1.807) is 0 Å². The molecule has 0 aliphatic carbocycles. The van der Waals surface area contributed by atoms with Gasteiger partial charge in [0.1, 0.15) is 0 Å². The Kier molecular flexibility index (Phi) is 12.5. The molecule has 0 aromatic heterocycles. The van der Waals surface area contributed by atoms with Crippen molar-refractivity contribution in [3.05, 3.63) is 35.4 Å². The molecule has 0 spiro atoms. The van der Waals surface area contributed by atoms with Crippen LogP contribution in [0.15, 0.2) is 24.3 Å². The second-order valence-electron chi connectivity index (χ2n) is 7.00. The summed E-state index contributed by atoms with van der Waals surface area (Å²) >= 11 is 0. The molecule has 1 rings (SSSR count). The Bertz CT molecular complexity index is 505. The first-order valence-electron chi connectivity index (χ1n) is 10.4. The molecule has 0 saturated heterocycles. The SMILES string of the molecule is CCCCCCCCc1ccc(C(=O)CCCCCC(=O)OCC)cc1. The summed E-state index contributed by atoms with van der Waals surface area (Å²) in [7, 11) is 0. The number of ketones is 1. The third-order valence-electron chi connectivity index (χ3n) is 4.68. The molecule has 0 atom stereocenters. The maximum absolute atomic E-state index is 12.2. The lowest BCUT2D eigenvalue weighted by atomic mass is 10.0. The van der Waals surface area contributed by atoms with Gasteiger partial charge in [0.15, 0.2) is 5.78 Å². The second-order valence-corrected chi connectivity index (χ2v) is 7.00. The average molecular weight is 361 g/mol. The van der Waals surface area contributed by atoms with Crippen LogP contribution in [0.4, 0.5) is 0 Å². The van der Waals surface area contributed by atoms with Crippen LogP contribution < -0.4 is 0 Å². The zero-order chi connectivity index (χ0) is 19.0. The van der Waals surface area contributed by atoms with Crippen molar-refractivity contribution in [1.29, 1.82) is 0 Å². The third kappa shape index (κ3) is 10.4. The zero-order valence-corrected chi connectivity index (χ0v) is 16.7. The van der Waals surface area contributed by atoms with Crippen LogP contribution in [0.5, 0.6) is 0 Å². The van der Waals surface area contributed by atoms with Gasteiger partial charge in [-0.15, -0.1) is 0 Å². The van der Waals surface area contributed by atoms with Crippen LogP contribution in [0.1, 0.15) is 100 Å². The molecule has 0 aliphatic heterocycles. The predicted molar refractivity (Wildman–Crippen MR) is 108 cm³/mol. The van der Waals surface area contributed by atoms with E-state index in [0.717, 1.165) is 31.2 Å². The summed E-state index contributed by atoms with van der Waals surface area (Å²) in [5.41, 5.74) is 2.13. The molecular weight excluding hydrogens is 324 g/mol. The number of esters is 1. The minimum Gasteiger partial charge on any atom is -0.466 e. The summed E-state index contributed by atoms with van der Waals surface area (Å²) < 4.78 is 4.90. The lowest BCUT2D eigenvalue weighted by Gasteiger charge is -2.05. The molecule has 0 bridgehead atoms. The van der Waals surface area contributed by atoms with Crippen LogP contribution in [-0.4, -0.2) is 18.4 Å². The summed E-state index contributed by atoms with van der Waals surface area (Å²) in [6, 6.07) is 8.13. The van der Waals surface area contributed by atoms with Gasteiger partial charge in [-0.3, -0.25) is 9.59 Å². The molecule has 26 heavy (non-hydrogen) atoms. The van der Waals surface area contributed by atoms with Gasteiger partial charge in [-0.2, -0.15) is 0 Å². The Morgan fingerprint density at radius 3 is 2.08 bits per heavy atom. The maximum Gasteiger partial charge on any atom is 0.305 e. The van der Waals surface area contributed by atoms with E-state index in [2.05, 4.69) is 19.1 Å². The van der Waals surface area contributed by atoms with Crippen molar-refractivity contribution in [2.75, 3.05) is 6.61 Å².